The van der Waals surface area contributed by atoms with Crippen LogP contribution in [-0.4, -0.2) is 32.2 Å². The van der Waals surface area contributed by atoms with E-state index in [1.165, 1.54) is 22.7 Å². The molecular weight excluding hydrogens is 297 g/mol. The van der Waals surface area contributed by atoms with E-state index in [-0.39, 0.29) is 5.82 Å². The molecule has 0 amide bonds. The Morgan fingerprint density at radius 1 is 1.18 bits per heavy atom. The molecule has 1 aromatic rings. The monoisotopic (exact) mass is 325 g/mol. The number of hydrogen-bond donors (Lipinski definition) is 2. The van der Waals surface area contributed by atoms with Crippen molar-refractivity contribution in [2.75, 3.05) is 27.2 Å². The van der Waals surface area contributed by atoms with E-state index in [4.69, 9.17) is 0 Å². The Morgan fingerprint density at radius 2 is 1.86 bits per heavy atom. The van der Waals surface area contributed by atoms with Crippen molar-refractivity contribution in [3.05, 3.63) is 40.7 Å². The normalized spacial score (nSPS) is 12.2. The van der Waals surface area contributed by atoms with E-state index >= 15 is 0 Å². The van der Waals surface area contributed by atoms with Gasteiger partial charge in [0.15, 0.2) is 0 Å². The van der Waals surface area contributed by atoms with Crippen molar-refractivity contribution < 1.29 is 4.39 Å². The first-order chi connectivity index (χ1) is 10.7. The molecular formula is C17H28FN3S. The first-order valence-corrected chi connectivity index (χ1v) is 8.72. The molecule has 22 heavy (non-hydrogen) atoms. The highest BCUT2D eigenvalue weighted by Crippen LogP contribution is 2.34. The van der Waals surface area contributed by atoms with Crippen molar-refractivity contribution in [2.45, 2.75) is 38.0 Å². The fourth-order valence-electron chi connectivity index (χ4n) is 2.27. The molecule has 1 aromatic carbocycles. The van der Waals surface area contributed by atoms with Gasteiger partial charge in [0.25, 0.3) is 0 Å². The largest absolute Gasteiger partial charge is 0.318 e. The Balaban J connectivity index is 3.01. The maximum absolute atomic E-state index is 13.1. The van der Waals surface area contributed by atoms with Crippen molar-refractivity contribution in [3.8, 4) is 0 Å². The molecule has 0 saturated carbocycles. The molecule has 0 fully saturated rings. The van der Waals surface area contributed by atoms with Crippen molar-refractivity contribution in [2.24, 2.45) is 0 Å². The molecule has 3 nitrogen and oxygen atoms in total. The number of hydrogen-bond acceptors (Lipinski definition) is 4. The molecule has 1 rings (SSSR count). The smallest absolute Gasteiger partial charge is 0.123 e. The fourth-order valence-corrected chi connectivity index (χ4v) is 3.51. The SMILES string of the molecule is CCC/C(Sc1ccc(F)cc1)=C(/CC)N(CCNC)NC. The van der Waals surface area contributed by atoms with E-state index < -0.39 is 0 Å². The van der Waals surface area contributed by atoms with Gasteiger partial charge >= 0.3 is 0 Å². The third-order valence-corrected chi connectivity index (χ3v) is 4.56. The first-order valence-electron chi connectivity index (χ1n) is 7.91. The summed E-state index contributed by atoms with van der Waals surface area (Å²) < 4.78 is 13.1. The third kappa shape index (κ3) is 5.99. The van der Waals surface area contributed by atoms with Crippen LogP contribution in [0.4, 0.5) is 4.39 Å². The first kappa shape index (κ1) is 19.0. The summed E-state index contributed by atoms with van der Waals surface area (Å²) in [5.74, 6) is -0.188. The average molecular weight is 325 g/mol. The molecule has 0 bridgehead atoms. The molecule has 0 saturated heterocycles. The lowest BCUT2D eigenvalue weighted by Gasteiger charge is -2.28. The number of nitrogens with zero attached hydrogens (tertiary/aromatic N) is 1. The number of nitrogens with one attached hydrogen (secondary N) is 2. The molecule has 2 N–H and O–H groups in total. The summed E-state index contributed by atoms with van der Waals surface area (Å²) in [6.45, 7) is 6.20. The molecule has 0 heterocycles. The van der Waals surface area contributed by atoms with Gasteiger partial charge in [0.2, 0.25) is 0 Å². The predicted octanol–water partition coefficient (Wildman–Crippen LogP) is 4.00. The number of likely N-dealkylation sites (N-methyl/N-ethyl adjacent to an activating group) is 1. The zero-order valence-corrected chi connectivity index (χ0v) is 14.9. The van der Waals surface area contributed by atoms with Crippen molar-refractivity contribution in [3.63, 3.8) is 0 Å². The maximum atomic E-state index is 13.1. The molecule has 0 aliphatic carbocycles. The summed E-state index contributed by atoms with van der Waals surface area (Å²) >= 11 is 1.74. The zero-order chi connectivity index (χ0) is 16.4. The van der Waals surface area contributed by atoms with Gasteiger partial charge in [-0.05, 0) is 44.2 Å². The average Bonchev–Trinajstić information content (AvgIpc) is 2.53. The van der Waals surface area contributed by atoms with Gasteiger partial charge in [-0.1, -0.05) is 32.0 Å². The lowest BCUT2D eigenvalue weighted by Crippen LogP contribution is -2.39. The van der Waals surface area contributed by atoms with Crippen LogP contribution in [-0.2, 0) is 0 Å². The highest BCUT2D eigenvalue weighted by molar-refractivity contribution is 8.03. The molecule has 0 aromatic heterocycles. The summed E-state index contributed by atoms with van der Waals surface area (Å²) in [5.41, 5.74) is 4.60. The van der Waals surface area contributed by atoms with Gasteiger partial charge in [0, 0.05) is 35.6 Å². The number of hydrazine groups is 1. The van der Waals surface area contributed by atoms with E-state index in [0.717, 1.165) is 37.2 Å². The summed E-state index contributed by atoms with van der Waals surface area (Å²) in [6, 6.07) is 6.74. The van der Waals surface area contributed by atoms with Crippen LogP contribution in [0.2, 0.25) is 0 Å². The van der Waals surface area contributed by atoms with Crippen molar-refractivity contribution in [1.29, 1.82) is 0 Å². The van der Waals surface area contributed by atoms with Crippen LogP contribution < -0.4 is 10.7 Å². The minimum absolute atomic E-state index is 0.188. The molecule has 0 atom stereocenters. The van der Waals surface area contributed by atoms with Gasteiger partial charge in [-0.2, -0.15) is 0 Å². The molecule has 0 aliphatic heterocycles. The van der Waals surface area contributed by atoms with E-state index in [2.05, 4.69) is 29.6 Å². The van der Waals surface area contributed by atoms with E-state index in [1.54, 1.807) is 11.8 Å². The molecule has 0 radical (unpaired) electrons. The lowest BCUT2D eigenvalue weighted by molar-refractivity contribution is 0.263. The second kappa shape index (κ2) is 10.6. The predicted molar refractivity (Wildman–Crippen MR) is 94.2 cm³/mol. The van der Waals surface area contributed by atoms with Crippen LogP contribution >= 0.6 is 11.8 Å². The van der Waals surface area contributed by atoms with Crippen molar-refractivity contribution >= 4 is 11.8 Å². The van der Waals surface area contributed by atoms with Gasteiger partial charge in [0.1, 0.15) is 5.82 Å². The highest BCUT2D eigenvalue weighted by atomic mass is 32.2. The molecule has 0 aliphatic rings. The number of thioether (sulfide) groups is 1. The third-order valence-electron chi connectivity index (χ3n) is 3.37. The Kier molecular flexibility index (Phi) is 9.20. The summed E-state index contributed by atoms with van der Waals surface area (Å²) in [7, 11) is 3.92. The second-order valence-electron chi connectivity index (χ2n) is 5.01. The standard InChI is InChI=1S/C17H28FN3S/c1-5-7-17(22-15-10-8-14(18)9-11-15)16(6-2)21(20-4)13-12-19-3/h8-11,19-20H,5-7,12-13H2,1-4H3/b17-16+. The minimum Gasteiger partial charge on any atom is -0.318 e. The van der Waals surface area contributed by atoms with Crippen LogP contribution in [0.15, 0.2) is 39.8 Å². The Morgan fingerprint density at radius 3 is 2.36 bits per heavy atom. The van der Waals surface area contributed by atoms with Gasteiger partial charge in [0.05, 0.1) is 0 Å². The molecule has 5 heteroatoms. The number of allylic oxidation sites excluding steroid dienone is 2. The lowest BCUT2D eigenvalue weighted by atomic mass is 10.2. The minimum atomic E-state index is -0.188. The number of halogens is 1. The zero-order valence-electron chi connectivity index (χ0n) is 14.1. The van der Waals surface area contributed by atoms with Crippen LogP contribution in [0.5, 0.6) is 0 Å². The quantitative estimate of drug-likeness (QED) is 0.502. The Labute approximate surface area is 138 Å². The second-order valence-corrected chi connectivity index (χ2v) is 6.18. The van der Waals surface area contributed by atoms with E-state index in [1.807, 2.05) is 26.2 Å². The topological polar surface area (TPSA) is 27.3 Å². The van der Waals surface area contributed by atoms with Crippen LogP contribution in [0, 0.1) is 5.82 Å². The number of benzene rings is 1. The van der Waals surface area contributed by atoms with Crippen molar-refractivity contribution in [1.82, 2.24) is 15.8 Å². The van der Waals surface area contributed by atoms with E-state index in [0.29, 0.717) is 0 Å². The molecule has 0 spiro atoms. The highest BCUT2D eigenvalue weighted by Gasteiger charge is 2.13. The maximum Gasteiger partial charge on any atom is 0.123 e. The van der Waals surface area contributed by atoms with Gasteiger partial charge in [-0.3, -0.25) is 0 Å². The molecule has 0 unspecified atom stereocenters. The molecule has 124 valence electrons. The van der Waals surface area contributed by atoms with Gasteiger partial charge in [-0.25, -0.2) is 9.82 Å². The van der Waals surface area contributed by atoms with Gasteiger partial charge in [-0.15, -0.1) is 0 Å². The van der Waals surface area contributed by atoms with E-state index in [9.17, 15) is 4.39 Å². The Hall–Kier alpha value is -1.04. The number of rotatable bonds is 10. The van der Waals surface area contributed by atoms with Crippen LogP contribution in [0.25, 0.3) is 0 Å². The summed E-state index contributed by atoms with van der Waals surface area (Å²) in [4.78, 5) is 2.43. The summed E-state index contributed by atoms with van der Waals surface area (Å²) in [6.07, 6.45) is 3.09. The fraction of sp³-hybridized carbons (Fsp3) is 0.529. The van der Waals surface area contributed by atoms with Gasteiger partial charge < -0.3 is 10.3 Å². The van der Waals surface area contributed by atoms with Crippen LogP contribution in [0.3, 0.4) is 0 Å². The summed E-state index contributed by atoms with van der Waals surface area (Å²) in [5, 5.41) is 5.39. The van der Waals surface area contributed by atoms with Crippen LogP contribution in [0.1, 0.15) is 33.1 Å². The Bertz CT molecular complexity index is 459.